The molecule has 0 spiro atoms. The molecule has 8 heteroatoms. The number of halogens is 3. The number of ether oxygens (including phenoxy) is 1. The van der Waals surface area contributed by atoms with E-state index in [-0.39, 0.29) is 23.0 Å². The third kappa shape index (κ3) is 4.87. The molecule has 122 valence electrons. The molecule has 0 radical (unpaired) electrons. The summed E-state index contributed by atoms with van der Waals surface area (Å²) < 4.78 is 28.3. The molecule has 5 nitrogen and oxygen atoms in total. The minimum absolute atomic E-state index is 0.0119. The fourth-order valence-corrected chi connectivity index (χ4v) is 2.03. The van der Waals surface area contributed by atoms with Gasteiger partial charge >= 0.3 is 6.61 Å². The van der Waals surface area contributed by atoms with E-state index in [1.165, 1.54) is 36.5 Å². The number of aliphatic hydroxyl groups excluding tert-OH is 1. The standard InChI is InChI=1S/C15H13ClF2N2O3/c16-13-11(2-1-7-19-13)14(22)20-8-12(21)9-3-5-10(6-4-9)23-15(17)18/h1-7,12,15,21H,8H2,(H,20,22). The van der Waals surface area contributed by atoms with Crippen molar-refractivity contribution in [3.63, 3.8) is 0 Å². The van der Waals surface area contributed by atoms with Gasteiger partial charge in [0.05, 0.1) is 11.7 Å². The first-order chi connectivity index (χ1) is 11.0. The summed E-state index contributed by atoms with van der Waals surface area (Å²) in [5.41, 5.74) is 0.645. The second-order valence-corrected chi connectivity index (χ2v) is 4.87. The van der Waals surface area contributed by atoms with Crippen molar-refractivity contribution < 1.29 is 23.4 Å². The Morgan fingerprint density at radius 1 is 1.30 bits per heavy atom. The lowest BCUT2D eigenvalue weighted by atomic mass is 10.1. The summed E-state index contributed by atoms with van der Waals surface area (Å²) in [6, 6.07) is 8.57. The van der Waals surface area contributed by atoms with Gasteiger partial charge in [-0.15, -0.1) is 0 Å². The minimum atomic E-state index is -2.91. The molecule has 1 atom stereocenters. The lowest BCUT2D eigenvalue weighted by Gasteiger charge is -2.13. The zero-order valence-electron chi connectivity index (χ0n) is 11.7. The smallest absolute Gasteiger partial charge is 0.387 e. The number of carbonyl (C=O) groups is 1. The van der Waals surface area contributed by atoms with Crippen LogP contribution in [0.4, 0.5) is 8.78 Å². The molecule has 0 bridgehead atoms. The molecule has 0 saturated carbocycles. The molecule has 0 saturated heterocycles. The molecule has 2 rings (SSSR count). The topological polar surface area (TPSA) is 71.5 Å². The van der Waals surface area contributed by atoms with Crippen LogP contribution in [-0.2, 0) is 0 Å². The Labute approximate surface area is 135 Å². The Balaban J connectivity index is 1.93. The third-order valence-electron chi connectivity index (χ3n) is 2.95. The van der Waals surface area contributed by atoms with Gasteiger partial charge in [-0.05, 0) is 29.8 Å². The molecule has 23 heavy (non-hydrogen) atoms. The maximum absolute atomic E-state index is 12.0. The second kappa shape index (κ2) is 7.85. The van der Waals surface area contributed by atoms with Gasteiger partial charge in [0.1, 0.15) is 10.9 Å². The molecular formula is C15H13ClF2N2O3. The summed E-state index contributed by atoms with van der Waals surface area (Å²) in [4.78, 5) is 15.7. The number of nitrogens with zero attached hydrogens (tertiary/aromatic N) is 1. The summed E-state index contributed by atoms with van der Waals surface area (Å²) in [5, 5.41) is 12.6. The number of hydrogen-bond donors (Lipinski definition) is 2. The number of alkyl halides is 2. The van der Waals surface area contributed by atoms with Gasteiger partial charge in [0, 0.05) is 12.7 Å². The third-order valence-corrected chi connectivity index (χ3v) is 3.25. The van der Waals surface area contributed by atoms with Crippen molar-refractivity contribution in [2.45, 2.75) is 12.7 Å². The van der Waals surface area contributed by atoms with Crippen LogP contribution in [0.3, 0.4) is 0 Å². The van der Waals surface area contributed by atoms with E-state index in [2.05, 4.69) is 15.0 Å². The van der Waals surface area contributed by atoms with E-state index >= 15 is 0 Å². The van der Waals surface area contributed by atoms with Crippen molar-refractivity contribution in [2.75, 3.05) is 6.54 Å². The van der Waals surface area contributed by atoms with Gasteiger partial charge in [0.2, 0.25) is 0 Å². The van der Waals surface area contributed by atoms with Gasteiger partial charge in [0.25, 0.3) is 5.91 Å². The Bertz CT molecular complexity index is 668. The lowest BCUT2D eigenvalue weighted by Crippen LogP contribution is -2.28. The van der Waals surface area contributed by atoms with E-state index < -0.39 is 18.6 Å². The van der Waals surface area contributed by atoms with Gasteiger partial charge in [0.15, 0.2) is 0 Å². The number of benzene rings is 1. The van der Waals surface area contributed by atoms with Crippen molar-refractivity contribution in [1.82, 2.24) is 10.3 Å². The van der Waals surface area contributed by atoms with Crippen molar-refractivity contribution in [3.05, 3.63) is 58.9 Å². The van der Waals surface area contributed by atoms with Gasteiger partial charge in [-0.1, -0.05) is 23.7 Å². The predicted octanol–water partition coefficient (Wildman–Crippen LogP) is 2.80. The van der Waals surface area contributed by atoms with E-state index in [1.807, 2.05) is 0 Å². The van der Waals surface area contributed by atoms with Crippen molar-refractivity contribution in [1.29, 1.82) is 0 Å². The first-order valence-corrected chi connectivity index (χ1v) is 6.96. The summed E-state index contributed by atoms with van der Waals surface area (Å²) in [6.45, 7) is -2.98. The minimum Gasteiger partial charge on any atom is -0.435 e. The van der Waals surface area contributed by atoms with Crippen LogP contribution in [0, 0.1) is 0 Å². The highest BCUT2D eigenvalue weighted by Gasteiger charge is 2.14. The number of aromatic nitrogens is 1. The molecule has 1 heterocycles. The van der Waals surface area contributed by atoms with Crippen LogP contribution in [0.5, 0.6) is 5.75 Å². The molecule has 0 fully saturated rings. The number of carbonyl (C=O) groups excluding carboxylic acids is 1. The van der Waals surface area contributed by atoms with Gasteiger partial charge < -0.3 is 15.2 Å². The second-order valence-electron chi connectivity index (χ2n) is 4.52. The Morgan fingerprint density at radius 3 is 2.61 bits per heavy atom. The zero-order chi connectivity index (χ0) is 16.8. The van der Waals surface area contributed by atoms with Crippen LogP contribution in [-0.4, -0.2) is 29.2 Å². The van der Waals surface area contributed by atoms with Gasteiger partial charge in [-0.2, -0.15) is 8.78 Å². The van der Waals surface area contributed by atoms with E-state index in [1.54, 1.807) is 6.07 Å². The summed E-state index contributed by atoms with van der Waals surface area (Å²) in [6.07, 6.45) is 0.451. The average Bonchev–Trinajstić information content (AvgIpc) is 2.53. The first kappa shape index (κ1) is 17.1. The normalized spacial score (nSPS) is 12.0. The fourth-order valence-electron chi connectivity index (χ4n) is 1.83. The summed E-state index contributed by atoms with van der Waals surface area (Å²) >= 11 is 5.80. The SMILES string of the molecule is O=C(NCC(O)c1ccc(OC(F)F)cc1)c1cccnc1Cl. The molecule has 0 aliphatic heterocycles. The van der Waals surface area contributed by atoms with E-state index in [9.17, 15) is 18.7 Å². The van der Waals surface area contributed by atoms with Crippen molar-refractivity contribution >= 4 is 17.5 Å². The first-order valence-electron chi connectivity index (χ1n) is 6.59. The van der Waals surface area contributed by atoms with Crippen molar-refractivity contribution in [2.24, 2.45) is 0 Å². The largest absolute Gasteiger partial charge is 0.435 e. The summed E-state index contributed by atoms with van der Waals surface area (Å²) in [7, 11) is 0. The highest BCUT2D eigenvalue weighted by Crippen LogP contribution is 2.19. The number of amides is 1. The quantitative estimate of drug-likeness (QED) is 0.792. The highest BCUT2D eigenvalue weighted by atomic mass is 35.5. The maximum Gasteiger partial charge on any atom is 0.387 e. The zero-order valence-corrected chi connectivity index (χ0v) is 12.5. The average molecular weight is 343 g/mol. The van der Waals surface area contributed by atoms with Crippen LogP contribution in [0.2, 0.25) is 5.15 Å². The molecule has 2 aromatic rings. The molecule has 2 N–H and O–H groups in total. The van der Waals surface area contributed by atoms with Crippen LogP contribution in [0.1, 0.15) is 22.0 Å². The van der Waals surface area contributed by atoms with Crippen LogP contribution >= 0.6 is 11.6 Å². The van der Waals surface area contributed by atoms with Crippen LogP contribution in [0.15, 0.2) is 42.6 Å². The van der Waals surface area contributed by atoms with E-state index in [4.69, 9.17) is 11.6 Å². The molecule has 1 amide bonds. The Kier molecular flexibility index (Phi) is 5.84. The highest BCUT2D eigenvalue weighted by molar-refractivity contribution is 6.32. The number of nitrogens with one attached hydrogen (secondary N) is 1. The van der Waals surface area contributed by atoms with Gasteiger partial charge in [-0.25, -0.2) is 4.98 Å². The lowest BCUT2D eigenvalue weighted by molar-refractivity contribution is -0.0498. The van der Waals surface area contributed by atoms with Crippen molar-refractivity contribution in [3.8, 4) is 5.75 Å². The number of rotatable bonds is 6. The molecule has 1 aromatic heterocycles. The molecule has 0 aliphatic rings. The van der Waals surface area contributed by atoms with Gasteiger partial charge in [-0.3, -0.25) is 4.79 Å². The van der Waals surface area contributed by atoms with E-state index in [0.717, 1.165) is 0 Å². The fraction of sp³-hybridized carbons (Fsp3) is 0.200. The number of aliphatic hydroxyl groups is 1. The maximum atomic E-state index is 12.0. The Morgan fingerprint density at radius 2 is 2.00 bits per heavy atom. The monoisotopic (exact) mass is 342 g/mol. The number of pyridine rings is 1. The molecule has 1 aromatic carbocycles. The van der Waals surface area contributed by atoms with Crippen LogP contribution < -0.4 is 10.1 Å². The molecule has 1 unspecified atom stereocenters. The Hall–Kier alpha value is -2.25. The summed E-state index contributed by atoms with van der Waals surface area (Å²) in [5.74, 6) is -0.484. The number of hydrogen-bond acceptors (Lipinski definition) is 4. The molecular weight excluding hydrogens is 330 g/mol. The predicted molar refractivity (Wildman–Crippen MR) is 79.6 cm³/mol. The van der Waals surface area contributed by atoms with E-state index in [0.29, 0.717) is 5.56 Å². The van der Waals surface area contributed by atoms with Crippen LogP contribution in [0.25, 0.3) is 0 Å². The molecule has 0 aliphatic carbocycles.